The maximum Gasteiger partial charge on any atom is 0.331 e. The largest absolute Gasteiger partial charge is 0.480 e. The van der Waals surface area contributed by atoms with Crippen LogP contribution >= 0.6 is 0 Å². The first-order chi connectivity index (χ1) is 25.7. The van der Waals surface area contributed by atoms with Crippen molar-refractivity contribution in [1.29, 1.82) is 0 Å². The molecule has 0 unspecified atom stereocenters. The number of carboxylic acid groups (broad SMARTS) is 4. The fraction of sp³-hybridized carbons (Fsp3) is 0.719. The zero-order valence-electron chi connectivity index (χ0n) is 33.5. The van der Waals surface area contributed by atoms with Gasteiger partial charge in [-0.05, 0) is 31.6 Å². The summed E-state index contributed by atoms with van der Waals surface area (Å²) in [6, 6.07) is -7.25. The second-order valence-electron chi connectivity index (χ2n) is 13.0. The number of ether oxygens (including phenoxy) is 2. The van der Waals surface area contributed by atoms with Crippen LogP contribution in [-0.4, -0.2) is 134 Å². The van der Waals surface area contributed by atoms with Crippen molar-refractivity contribution in [2.45, 2.75) is 129 Å². The molecule has 0 aliphatic carbocycles. The summed E-state index contributed by atoms with van der Waals surface area (Å²) in [7, 11) is 0. The Morgan fingerprint density at radius 1 is 0.491 bits per heavy atom. The van der Waals surface area contributed by atoms with Crippen LogP contribution in [0.25, 0.3) is 0 Å². The zero-order valence-corrected chi connectivity index (χ0v) is 33.5. The van der Waals surface area contributed by atoms with Gasteiger partial charge in [0, 0.05) is 0 Å². The van der Waals surface area contributed by atoms with Gasteiger partial charge in [-0.15, -0.1) is 0 Å². The van der Waals surface area contributed by atoms with Gasteiger partial charge in [0.2, 0.25) is 11.8 Å². The summed E-state index contributed by atoms with van der Waals surface area (Å²) >= 11 is 0. The predicted molar refractivity (Wildman–Crippen MR) is 201 cm³/mol. The number of hydrogen-bond acceptors (Lipinski definition) is 19. The number of carbonyl (C=O) groups is 9. The molecule has 0 heterocycles. The van der Waals surface area contributed by atoms with Gasteiger partial charge in [0.15, 0.2) is 0 Å². The van der Waals surface area contributed by atoms with Crippen LogP contribution in [0.2, 0.25) is 0 Å². The number of carboxylic acids is 4. The molecule has 2 amide bonds. The summed E-state index contributed by atoms with van der Waals surface area (Å²) < 4.78 is 9.12. The fourth-order valence-corrected chi connectivity index (χ4v) is 2.65. The first kappa shape index (κ1) is 61.3. The van der Waals surface area contributed by atoms with Gasteiger partial charge in [-0.3, -0.25) is 33.6 Å². The van der Waals surface area contributed by atoms with Crippen molar-refractivity contribution in [3.8, 4) is 0 Å². The summed E-state index contributed by atoms with van der Waals surface area (Å²) in [6.07, 6.45) is -2.08. The maximum absolute atomic E-state index is 11.4. The molecule has 0 radical (unpaired) electrons. The molecule has 0 aromatic rings. The normalized spacial score (nSPS) is 15.5. The SMILES string of the molecule is CC(C)[C@H](N)C(=O)O.CC(C)[C@H](N)C(=O)O.CC[C@H](C)[C@H](N)C(=O)OC(=O)[C@@H](N)CC(N)=O.C[C@@H](O)[C@H](N)C(=O)O.C[C@@H](OC(=O)[C@@H](N)CC(N)=O)[C@H](N)C(=O)O. The number of hydrogen-bond donors (Lipinski definition) is 14. The van der Waals surface area contributed by atoms with Crippen LogP contribution < -0.4 is 51.6 Å². The molecule has 0 fully saturated rings. The molecule has 0 spiro atoms. The minimum Gasteiger partial charge on any atom is -0.480 e. The van der Waals surface area contributed by atoms with Gasteiger partial charge in [-0.2, -0.15) is 0 Å². The van der Waals surface area contributed by atoms with Crippen molar-refractivity contribution in [1.82, 2.24) is 0 Å². The second kappa shape index (κ2) is 32.2. The predicted octanol–water partition coefficient (Wildman–Crippen LogP) is -4.95. The third-order valence-electron chi connectivity index (χ3n) is 7.08. The van der Waals surface area contributed by atoms with Gasteiger partial charge in [-0.1, -0.05) is 48.0 Å². The summed E-state index contributed by atoms with van der Waals surface area (Å²) in [5.41, 5.74) is 46.3. The number of primary amides is 2. The zero-order chi connectivity index (χ0) is 46.7. The van der Waals surface area contributed by atoms with E-state index in [9.17, 15) is 43.2 Å². The number of esters is 3. The average Bonchev–Trinajstić information content (AvgIpc) is 3.09. The van der Waals surface area contributed by atoms with E-state index in [0.29, 0.717) is 6.42 Å². The van der Waals surface area contributed by atoms with Crippen molar-refractivity contribution >= 4 is 53.6 Å². The molecule has 57 heavy (non-hydrogen) atoms. The number of rotatable bonds is 18. The molecular formula is C32H65N9O16. The first-order valence-corrected chi connectivity index (χ1v) is 17.1. The van der Waals surface area contributed by atoms with E-state index in [4.69, 9.17) is 77.1 Å². The van der Waals surface area contributed by atoms with E-state index >= 15 is 0 Å². The van der Waals surface area contributed by atoms with Crippen LogP contribution in [0.4, 0.5) is 0 Å². The van der Waals surface area contributed by atoms with Gasteiger partial charge in [0.1, 0.15) is 48.4 Å². The van der Waals surface area contributed by atoms with Crippen molar-refractivity contribution in [2.24, 2.45) is 69.4 Å². The fourth-order valence-electron chi connectivity index (χ4n) is 2.65. The summed E-state index contributed by atoms with van der Waals surface area (Å²) in [6.45, 7) is 13.4. The Balaban J connectivity index is -0.000000207. The lowest BCUT2D eigenvalue weighted by atomic mass is 10.0. The van der Waals surface area contributed by atoms with E-state index in [1.807, 2.05) is 6.92 Å². The van der Waals surface area contributed by atoms with Crippen molar-refractivity contribution in [2.75, 3.05) is 0 Å². The molecule has 10 atom stereocenters. The molecule has 25 nitrogen and oxygen atoms in total. The van der Waals surface area contributed by atoms with Crippen molar-refractivity contribution in [3.05, 3.63) is 0 Å². The molecule has 0 aromatic carbocycles. The van der Waals surface area contributed by atoms with E-state index in [2.05, 4.69) is 9.47 Å². The molecule has 25 heteroatoms. The van der Waals surface area contributed by atoms with E-state index in [1.165, 1.54) is 13.8 Å². The van der Waals surface area contributed by atoms with Crippen LogP contribution in [-0.2, 0) is 52.6 Å². The molecule has 0 saturated heterocycles. The highest BCUT2D eigenvalue weighted by molar-refractivity contribution is 5.93. The van der Waals surface area contributed by atoms with E-state index in [1.54, 1.807) is 34.6 Å². The molecule has 0 aliphatic heterocycles. The molecule has 0 rings (SSSR count). The van der Waals surface area contributed by atoms with Gasteiger partial charge in [0.25, 0.3) is 0 Å². The number of amides is 2. The summed E-state index contributed by atoms with van der Waals surface area (Å²) in [5.74, 6) is -8.65. The number of nitrogens with two attached hydrogens (primary N) is 9. The lowest BCUT2D eigenvalue weighted by molar-refractivity contribution is -0.163. The molecular weight excluding hydrogens is 766 g/mol. The van der Waals surface area contributed by atoms with Gasteiger partial charge < -0.3 is 86.6 Å². The molecule has 0 bridgehead atoms. The Kier molecular flexibility index (Phi) is 34.7. The Morgan fingerprint density at radius 2 is 0.807 bits per heavy atom. The smallest absolute Gasteiger partial charge is 0.331 e. The van der Waals surface area contributed by atoms with Crippen LogP contribution in [0.1, 0.15) is 74.7 Å². The van der Waals surface area contributed by atoms with Crippen LogP contribution in [0.5, 0.6) is 0 Å². The van der Waals surface area contributed by atoms with Crippen LogP contribution in [0, 0.1) is 17.8 Å². The van der Waals surface area contributed by atoms with Crippen molar-refractivity contribution < 1.29 is 78.2 Å². The monoisotopic (exact) mass is 831 g/mol. The third-order valence-corrected chi connectivity index (χ3v) is 7.08. The third kappa shape index (κ3) is 33.0. The minimum atomic E-state index is -1.34. The van der Waals surface area contributed by atoms with Crippen LogP contribution in [0.15, 0.2) is 0 Å². The van der Waals surface area contributed by atoms with Crippen LogP contribution in [0.3, 0.4) is 0 Å². The van der Waals surface area contributed by atoms with Gasteiger partial charge >= 0.3 is 41.8 Å². The van der Waals surface area contributed by atoms with E-state index in [-0.39, 0.29) is 30.6 Å². The lowest BCUT2D eigenvalue weighted by Crippen LogP contribution is -2.45. The number of aliphatic carboxylic acids is 4. The molecule has 0 saturated carbocycles. The van der Waals surface area contributed by atoms with Crippen molar-refractivity contribution in [3.63, 3.8) is 0 Å². The summed E-state index contributed by atoms with van der Waals surface area (Å²) in [4.78, 5) is 95.2. The number of carbonyl (C=O) groups excluding carboxylic acids is 5. The topological polar surface area (TPSA) is 507 Å². The molecule has 0 aliphatic rings. The number of aliphatic hydroxyl groups excluding tert-OH is 1. The Hall–Kier alpha value is -4.89. The van der Waals surface area contributed by atoms with E-state index in [0.717, 1.165) is 0 Å². The molecule has 334 valence electrons. The summed E-state index contributed by atoms with van der Waals surface area (Å²) in [5, 5.41) is 41.5. The van der Waals surface area contributed by atoms with Gasteiger partial charge in [-0.25, -0.2) is 9.59 Å². The Morgan fingerprint density at radius 3 is 1.02 bits per heavy atom. The number of aliphatic hydroxyl groups is 1. The van der Waals surface area contributed by atoms with Gasteiger partial charge in [0.05, 0.1) is 18.9 Å². The minimum absolute atomic E-state index is 0.0208. The quantitative estimate of drug-likeness (QED) is 0.0454. The molecule has 23 N–H and O–H groups in total. The Labute approximate surface area is 330 Å². The second-order valence-corrected chi connectivity index (χ2v) is 13.0. The molecule has 0 aromatic heterocycles. The highest BCUT2D eigenvalue weighted by Crippen LogP contribution is 2.07. The maximum atomic E-state index is 11.4. The first-order valence-electron chi connectivity index (χ1n) is 17.1. The lowest BCUT2D eigenvalue weighted by Gasteiger charge is -2.18. The Bertz CT molecular complexity index is 1230. The average molecular weight is 832 g/mol. The van der Waals surface area contributed by atoms with E-state index < -0.39 is 108 Å². The highest BCUT2D eigenvalue weighted by Gasteiger charge is 2.28. The highest BCUT2D eigenvalue weighted by atomic mass is 16.6. The standard InChI is InChI=1S/C10H19N3O4.C8H15N3O5.2C5H11NO2.C4H9NO3/c1-3-5(2)8(13)10(16)17-9(15)6(11)4-7(12)14;1-3(6(11)7(13)14)16-8(15)4(9)2-5(10)12;2*1-3(2)4(6)5(7)8;1-2(6)3(5)4(7)8/h5-6,8H,3-4,11,13H2,1-2H3,(H2,12,14);3-4,6H,2,9,11H2,1H3,(H2,10,12)(H,13,14);2*3-4H,6H2,1-2H3,(H,7,8);2-3,6H,5H2,1H3,(H,7,8)/t5-,6-,8-;3-,4+,6+;2*4-;2-,3+/m01001/s1.